The highest BCUT2D eigenvalue weighted by Crippen LogP contribution is 2.17. The minimum Gasteiger partial charge on any atom is -0.376 e. The highest BCUT2D eigenvalue weighted by atomic mass is 35.5. The predicted molar refractivity (Wildman–Crippen MR) is 82.6 cm³/mol. The lowest BCUT2D eigenvalue weighted by Gasteiger charge is -2.25. The third kappa shape index (κ3) is 3.95. The number of aromatic amines is 1. The summed E-state index contributed by atoms with van der Waals surface area (Å²) in [4.78, 5) is 10.1. The quantitative estimate of drug-likeness (QED) is 0.922. The van der Waals surface area contributed by atoms with Crippen LogP contribution in [0.15, 0.2) is 18.2 Å². The number of fused-ring (bicyclic) bond motifs is 1. The Balaban J connectivity index is 1.54. The van der Waals surface area contributed by atoms with E-state index in [0.29, 0.717) is 19.8 Å². The second kappa shape index (κ2) is 6.75. The first-order chi connectivity index (χ1) is 10.2. The summed E-state index contributed by atoms with van der Waals surface area (Å²) < 4.78 is 11.1. The fraction of sp³-hybridized carbons (Fsp3) is 0.533. The molecule has 114 valence electrons. The molecule has 1 atom stereocenters. The van der Waals surface area contributed by atoms with E-state index in [2.05, 4.69) is 21.9 Å². The molecule has 0 aliphatic carbocycles. The lowest BCUT2D eigenvalue weighted by Crippen LogP contribution is -2.32. The van der Waals surface area contributed by atoms with Gasteiger partial charge < -0.3 is 14.5 Å². The summed E-state index contributed by atoms with van der Waals surface area (Å²) in [5, 5.41) is 0.723. The molecule has 1 aromatic carbocycles. The number of ether oxygens (including phenoxy) is 2. The molecule has 3 rings (SSSR count). The van der Waals surface area contributed by atoms with Crippen molar-refractivity contribution >= 4 is 22.6 Å². The van der Waals surface area contributed by atoms with Crippen molar-refractivity contribution < 1.29 is 9.47 Å². The summed E-state index contributed by atoms with van der Waals surface area (Å²) in [6.07, 6.45) is 1.19. The number of imidazole rings is 1. The van der Waals surface area contributed by atoms with E-state index < -0.39 is 0 Å². The Morgan fingerprint density at radius 3 is 3.14 bits per heavy atom. The second-order valence-corrected chi connectivity index (χ2v) is 5.88. The summed E-state index contributed by atoms with van der Waals surface area (Å²) in [5.41, 5.74) is 1.93. The zero-order valence-electron chi connectivity index (χ0n) is 12.1. The molecule has 2 aromatic rings. The Bertz CT molecular complexity index is 596. The van der Waals surface area contributed by atoms with Gasteiger partial charge in [-0.25, -0.2) is 4.98 Å². The summed E-state index contributed by atoms with van der Waals surface area (Å²) in [6, 6.07) is 5.70. The Hall–Kier alpha value is -1.14. The van der Waals surface area contributed by atoms with E-state index in [-0.39, 0.29) is 6.10 Å². The molecule has 1 aromatic heterocycles. The molecule has 0 spiro atoms. The van der Waals surface area contributed by atoms with Gasteiger partial charge in [-0.15, -0.1) is 0 Å². The number of nitrogens with one attached hydrogen (secondary N) is 1. The van der Waals surface area contributed by atoms with Crippen LogP contribution < -0.4 is 0 Å². The van der Waals surface area contributed by atoms with Crippen LogP contribution in [0.1, 0.15) is 12.2 Å². The van der Waals surface area contributed by atoms with Crippen molar-refractivity contribution in [2.75, 3.05) is 33.4 Å². The molecular formula is C15H20ClN3O2. The molecule has 1 N–H and O–H groups in total. The van der Waals surface area contributed by atoms with Gasteiger partial charge >= 0.3 is 0 Å². The molecule has 1 fully saturated rings. The number of halogens is 1. The molecule has 5 nitrogen and oxygen atoms in total. The minimum absolute atomic E-state index is 0.218. The third-order valence-electron chi connectivity index (χ3n) is 3.63. The largest absolute Gasteiger partial charge is 0.376 e. The van der Waals surface area contributed by atoms with Crippen molar-refractivity contribution in [1.82, 2.24) is 14.9 Å². The van der Waals surface area contributed by atoms with Crippen molar-refractivity contribution in [1.29, 1.82) is 0 Å². The fourth-order valence-electron chi connectivity index (χ4n) is 2.51. The summed E-state index contributed by atoms with van der Waals surface area (Å²) in [7, 11) is 2.09. The normalized spacial score (nSPS) is 19.5. The van der Waals surface area contributed by atoms with Crippen molar-refractivity contribution in [3.8, 4) is 0 Å². The lowest BCUT2D eigenvalue weighted by atomic mass is 10.2. The zero-order chi connectivity index (χ0) is 14.7. The number of rotatable bonds is 5. The Morgan fingerprint density at radius 1 is 1.43 bits per heavy atom. The van der Waals surface area contributed by atoms with E-state index in [0.717, 1.165) is 41.4 Å². The van der Waals surface area contributed by atoms with E-state index in [1.54, 1.807) is 0 Å². The van der Waals surface area contributed by atoms with Gasteiger partial charge in [-0.3, -0.25) is 4.90 Å². The molecule has 1 aliphatic heterocycles. The van der Waals surface area contributed by atoms with Gasteiger partial charge in [-0.05, 0) is 31.7 Å². The van der Waals surface area contributed by atoms with Crippen molar-refractivity contribution in [2.24, 2.45) is 0 Å². The Morgan fingerprint density at radius 2 is 2.33 bits per heavy atom. The molecule has 21 heavy (non-hydrogen) atoms. The molecule has 0 bridgehead atoms. The third-order valence-corrected chi connectivity index (χ3v) is 3.87. The van der Waals surface area contributed by atoms with Crippen LogP contribution in [0, 0.1) is 0 Å². The first kappa shape index (κ1) is 14.8. The molecule has 2 heterocycles. The average Bonchev–Trinajstić information content (AvgIpc) is 2.87. The van der Waals surface area contributed by atoms with Crippen LogP contribution in [0.25, 0.3) is 11.0 Å². The van der Waals surface area contributed by atoms with Gasteiger partial charge in [-0.2, -0.15) is 0 Å². The standard InChI is InChI=1S/C15H20ClN3O2/c1-19(5-4-12-10-20-6-7-21-12)9-15-17-13-3-2-11(16)8-14(13)18-15/h2-3,8,12H,4-7,9-10H2,1H3,(H,17,18). The summed E-state index contributed by atoms with van der Waals surface area (Å²) in [6.45, 7) is 3.86. The van der Waals surface area contributed by atoms with Crippen LogP contribution in [0.4, 0.5) is 0 Å². The van der Waals surface area contributed by atoms with Gasteiger partial charge in [0.05, 0.1) is 43.5 Å². The second-order valence-electron chi connectivity index (χ2n) is 5.44. The van der Waals surface area contributed by atoms with Gasteiger partial charge in [0.15, 0.2) is 0 Å². The van der Waals surface area contributed by atoms with Gasteiger partial charge in [0.2, 0.25) is 0 Å². The van der Waals surface area contributed by atoms with E-state index in [9.17, 15) is 0 Å². The van der Waals surface area contributed by atoms with Crippen molar-refractivity contribution in [3.63, 3.8) is 0 Å². The lowest BCUT2D eigenvalue weighted by molar-refractivity contribution is -0.0924. The zero-order valence-corrected chi connectivity index (χ0v) is 12.9. The van der Waals surface area contributed by atoms with Crippen LogP contribution >= 0.6 is 11.6 Å². The molecule has 1 saturated heterocycles. The van der Waals surface area contributed by atoms with Gasteiger partial charge in [0.25, 0.3) is 0 Å². The van der Waals surface area contributed by atoms with Crippen LogP contribution in [0.2, 0.25) is 5.02 Å². The molecule has 0 radical (unpaired) electrons. The molecule has 1 aliphatic rings. The summed E-state index contributed by atoms with van der Waals surface area (Å²) in [5.74, 6) is 0.954. The van der Waals surface area contributed by atoms with Crippen LogP contribution in [0.5, 0.6) is 0 Å². The smallest absolute Gasteiger partial charge is 0.121 e. The van der Waals surface area contributed by atoms with Crippen molar-refractivity contribution in [2.45, 2.75) is 19.1 Å². The Kier molecular flexibility index (Phi) is 4.75. The average molecular weight is 310 g/mol. The minimum atomic E-state index is 0.218. The van der Waals surface area contributed by atoms with Gasteiger partial charge in [-0.1, -0.05) is 11.6 Å². The molecule has 1 unspecified atom stereocenters. The highest BCUT2D eigenvalue weighted by molar-refractivity contribution is 6.31. The maximum absolute atomic E-state index is 5.99. The van der Waals surface area contributed by atoms with Gasteiger partial charge in [0, 0.05) is 11.6 Å². The molecule has 0 amide bonds. The maximum atomic E-state index is 5.99. The number of benzene rings is 1. The topological polar surface area (TPSA) is 50.4 Å². The van der Waals surface area contributed by atoms with E-state index in [1.165, 1.54) is 0 Å². The number of H-pyrrole nitrogens is 1. The highest BCUT2D eigenvalue weighted by Gasteiger charge is 2.15. The molecule has 0 saturated carbocycles. The first-order valence-electron chi connectivity index (χ1n) is 7.23. The summed E-state index contributed by atoms with van der Waals surface area (Å²) >= 11 is 5.99. The first-order valence-corrected chi connectivity index (χ1v) is 7.60. The SMILES string of the molecule is CN(CCC1COCCO1)Cc1nc2ccc(Cl)cc2[nH]1. The van der Waals surface area contributed by atoms with E-state index in [4.69, 9.17) is 21.1 Å². The van der Waals surface area contributed by atoms with Gasteiger partial charge in [0.1, 0.15) is 5.82 Å². The Labute approximate surface area is 129 Å². The molecule has 6 heteroatoms. The monoisotopic (exact) mass is 309 g/mol. The van der Waals surface area contributed by atoms with Crippen LogP contribution in [-0.4, -0.2) is 54.4 Å². The van der Waals surface area contributed by atoms with E-state index >= 15 is 0 Å². The van der Waals surface area contributed by atoms with E-state index in [1.807, 2.05) is 18.2 Å². The maximum Gasteiger partial charge on any atom is 0.121 e. The fourth-order valence-corrected chi connectivity index (χ4v) is 2.68. The number of nitrogens with zero attached hydrogens (tertiary/aromatic N) is 2. The van der Waals surface area contributed by atoms with Crippen molar-refractivity contribution in [3.05, 3.63) is 29.0 Å². The number of hydrogen-bond donors (Lipinski definition) is 1. The number of hydrogen-bond acceptors (Lipinski definition) is 4. The number of aromatic nitrogens is 2. The predicted octanol–water partition coefficient (Wildman–Crippen LogP) is 2.45. The van der Waals surface area contributed by atoms with Crippen LogP contribution in [0.3, 0.4) is 0 Å². The van der Waals surface area contributed by atoms with Crippen LogP contribution in [-0.2, 0) is 16.0 Å². The molecular weight excluding hydrogens is 290 g/mol.